The average molecular weight is 581 g/mol. The molecule has 2 aromatic heterocycles. The topological polar surface area (TPSA) is 127 Å². The van der Waals surface area contributed by atoms with Crippen LogP contribution in [0, 0.1) is 0 Å². The molecular formula is C33H36N6O4. The Labute approximate surface area is 250 Å². The first-order valence-corrected chi connectivity index (χ1v) is 14.4. The summed E-state index contributed by atoms with van der Waals surface area (Å²) in [5.41, 5.74) is 4.57. The third-order valence-corrected chi connectivity index (χ3v) is 7.74. The van der Waals surface area contributed by atoms with E-state index >= 15 is 0 Å². The Kier molecular flexibility index (Phi) is 9.01. The number of rotatable bonds is 12. The number of anilines is 1. The van der Waals surface area contributed by atoms with Gasteiger partial charge in [0.25, 0.3) is 0 Å². The zero-order chi connectivity index (χ0) is 29.6. The van der Waals surface area contributed by atoms with Crippen LogP contribution in [0.4, 0.5) is 5.82 Å². The van der Waals surface area contributed by atoms with Crippen LogP contribution in [-0.4, -0.2) is 68.3 Å². The van der Waals surface area contributed by atoms with Gasteiger partial charge in [0.15, 0.2) is 23.2 Å². The summed E-state index contributed by atoms with van der Waals surface area (Å²) in [6.45, 7) is 1.79. The SMILES string of the molecule is COC[C@H]1O[C@@H](n2cnc3c(NCC(c4ccccc4)c4ccccc4)nc(CNCc4ccccc4)nc32)[C@H](O)[C@@H]1O. The van der Waals surface area contributed by atoms with Crippen LogP contribution < -0.4 is 10.6 Å². The van der Waals surface area contributed by atoms with Crippen LogP contribution in [0.25, 0.3) is 11.2 Å². The molecule has 222 valence electrons. The van der Waals surface area contributed by atoms with Gasteiger partial charge in [0.1, 0.15) is 24.1 Å². The maximum Gasteiger partial charge on any atom is 0.168 e. The lowest BCUT2D eigenvalue weighted by Crippen LogP contribution is -2.33. The number of hydrogen-bond acceptors (Lipinski definition) is 9. The highest BCUT2D eigenvalue weighted by molar-refractivity contribution is 5.83. The van der Waals surface area contributed by atoms with Crippen LogP contribution in [0.3, 0.4) is 0 Å². The summed E-state index contributed by atoms with van der Waals surface area (Å²) in [4.78, 5) is 14.3. The van der Waals surface area contributed by atoms with Crippen molar-refractivity contribution >= 4 is 17.0 Å². The first-order valence-electron chi connectivity index (χ1n) is 14.4. The average Bonchev–Trinajstić information content (AvgIpc) is 3.59. The van der Waals surface area contributed by atoms with Gasteiger partial charge in [0, 0.05) is 26.1 Å². The van der Waals surface area contributed by atoms with E-state index in [0.29, 0.717) is 42.4 Å². The normalized spacial score (nSPS) is 20.2. The second-order valence-electron chi connectivity index (χ2n) is 10.7. The molecule has 0 bridgehead atoms. The standard InChI is InChI=1S/C33H36N6O4/c1-42-20-26-29(40)30(41)33(43-26)39-21-36-28-31(37-27(38-32(28)39)19-34-17-22-11-5-2-6-12-22)35-18-25(23-13-7-3-8-14-23)24-15-9-4-10-16-24/h2-16,21,25-26,29-30,33-34,40-41H,17-20H2,1H3,(H,35,37,38)/t26-,29-,30-,33-/m1/s1. The highest BCUT2D eigenvalue weighted by Gasteiger charge is 2.44. The number of ether oxygens (including phenoxy) is 2. The van der Waals surface area contributed by atoms with Crippen molar-refractivity contribution in [2.75, 3.05) is 25.6 Å². The summed E-state index contributed by atoms with van der Waals surface area (Å²) in [5.74, 6) is 1.21. The number of fused-ring (bicyclic) bond motifs is 1. The lowest BCUT2D eigenvalue weighted by molar-refractivity contribution is -0.0580. The molecule has 10 nitrogen and oxygen atoms in total. The fourth-order valence-electron chi connectivity index (χ4n) is 5.52. The molecule has 0 unspecified atom stereocenters. The Morgan fingerprint density at radius 1 is 0.860 bits per heavy atom. The van der Waals surface area contributed by atoms with Crippen molar-refractivity contribution in [2.45, 2.75) is 43.5 Å². The predicted molar refractivity (Wildman–Crippen MR) is 163 cm³/mol. The Hall–Kier alpha value is -4.19. The minimum absolute atomic E-state index is 0.0686. The van der Waals surface area contributed by atoms with E-state index in [-0.39, 0.29) is 12.5 Å². The van der Waals surface area contributed by atoms with E-state index in [9.17, 15) is 10.2 Å². The van der Waals surface area contributed by atoms with Gasteiger partial charge in [-0.2, -0.15) is 0 Å². The molecule has 3 aromatic carbocycles. The number of aromatic nitrogens is 4. The van der Waals surface area contributed by atoms with Gasteiger partial charge >= 0.3 is 0 Å². The van der Waals surface area contributed by atoms with Crippen molar-refractivity contribution in [1.29, 1.82) is 0 Å². The molecule has 0 saturated carbocycles. The molecule has 0 spiro atoms. The highest BCUT2D eigenvalue weighted by Crippen LogP contribution is 2.33. The molecule has 5 aromatic rings. The van der Waals surface area contributed by atoms with E-state index in [1.807, 2.05) is 54.6 Å². The fraction of sp³-hybridized carbons (Fsp3) is 0.303. The van der Waals surface area contributed by atoms with Crippen LogP contribution >= 0.6 is 0 Å². The minimum Gasteiger partial charge on any atom is -0.387 e. The van der Waals surface area contributed by atoms with E-state index < -0.39 is 24.5 Å². The molecule has 43 heavy (non-hydrogen) atoms. The van der Waals surface area contributed by atoms with Gasteiger partial charge in [-0.1, -0.05) is 91.0 Å². The molecule has 3 heterocycles. The van der Waals surface area contributed by atoms with Crippen molar-refractivity contribution in [3.8, 4) is 0 Å². The Morgan fingerprint density at radius 3 is 2.16 bits per heavy atom. The number of nitrogens with one attached hydrogen (secondary N) is 2. The second-order valence-corrected chi connectivity index (χ2v) is 10.7. The molecular weight excluding hydrogens is 544 g/mol. The summed E-state index contributed by atoms with van der Waals surface area (Å²) in [6, 6.07) is 30.9. The van der Waals surface area contributed by atoms with E-state index in [0.717, 1.165) is 5.56 Å². The van der Waals surface area contributed by atoms with Crippen LogP contribution in [0.15, 0.2) is 97.3 Å². The molecule has 1 aliphatic rings. The van der Waals surface area contributed by atoms with Crippen molar-refractivity contribution < 1.29 is 19.7 Å². The summed E-state index contributed by atoms with van der Waals surface area (Å²) in [7, 11) is 1.53. The summed E-state index contributed by atoms with van der Waals surface area (Å²) < 4.78 is 12.9. The Balaban J connectivity index is 1.32. The molecule has 1 aliphatic heterocycles. The molecule has 10 heteroatoms. The number of methoxy groups -OCH3 is 1. The third-order valence-electron chi connectivity index (χ3n) is 7.74. The molecule has 1 fully saturated rings. The number of imidazole rings is 1. The Morgan fingerprint density at radius 2 is 1.51 bits per heavy atom. The molecule has 6 rings (SSSR count). The number of nitrogens with zero attached hydrogens (tertiary/aromatic N) is 4. The fourth-order valence-corrected chi connectivity index (χ4v) is 5.52. The number of aliphatic hydroxyl groups is 2. The molecule has 1 saturated heterocycles. The van der Waals surface area contributed by atoms with Gasteiger partial charge in [-0.25, -0.2) is 15.0 Å². The van der Waals surface area contributed by atoms with Crippen molar-refractivity contribution in [2.24, 2.45) is 0 Å². The Bertz CT molecular complexity index is 1560. The van der Waals surface area contributed by atoms with E-state index in [2.05, 4.69) is 52.0 Å². The molecule has 4 atom stereocenters. The van der Waals surface area contributed by atoms with Crippen LogP contribution in [-0.2, 0) is 22.6 Å². The van der Waals surface area contributed by atoms with Gasteiger partial charge in [-0.05, 0) is 16.7 Å². The van der Waals surface area contributed by atoms with Crippen LogP contribution in [0.1, 0.15) is 34.7 Å². The first-order chi connectivity index (χ1) is 21.1. The van der Waals surface area contributed by atoms with Gasteiger partial charge in [-0.15, -0.1) is 0 Å². The summed E-state index contributed by atoms with van der Waals surface area (Å²) >= 11 is 0. The third kappa shape index (κ3) is 6.43. The van der Waals surface area contributed by atoms with Gasteiger partial charge in [-0.3, -0.25) is 4.57 Å². The largest absolute Gasteiger partial charge is 0.387 e. The maximum atomic E-state index is 10.9. The monoisotopic (exact) mass is 580 g/mol. The van der Waals surface area contributed by atoms with Gasteiger partial charge in [0.05, 0.1) is 19.5 Å². The second kappa shape index (κ2) is 13.4. The first kappa shape index (κ1) is 28.9. The van der Waals surface area contributed by atoms with E-state index in [4.69, 9.17) is 19.4 Å². The zero-order valence-electron chi connectivity index (χ0n) is 24.0. The molecule has 4 N–H and O–H groups in total. The maximum absolute atomic E-state index is 10.9. The van der Waals surface area contributed by atoms with E-state index in [1.165, 1.54) is 18.2 Å². The minimum atomic E-state index is -1.18. The van der Waals surface area contributed by atoms with Crippen molar-refractivity contribution in [3.05, 3.63) is 120 Å². The zero-order valence-corrected chi connectivity index (χ0v) is 24.0. The van der Waals surface area contributed by atoms with Crippen LogP contribution in [0.5, 0.6) is 0 Å². The number of aliphatic hydroxyl groups excluding tert-OH is 2. The summed E-state index contributed by atoms with van der Waals surface area (Å²) in [5, 5.41) is 28.4. The quantitative estimate of drug-likeness (QED) is 0.175. The number of benzene rings is 3. The highest BCUT2D eigenvalue weighted by atomic mass is 16.6. The van der Waals surface area contributed by atoms with Gasteiger partial charge in [0.2, 0.25) is 0 Å². The molecule has 0 amide bonds. The van der Waals surface area contributed by atoms with Crippen molar-refractivity contribution in [3.63, 3.8) is 0 Å². The van der Waals surface area contributed by atoms with Gasteiger partial charge < -0.3 is 30.3 Å². The van der Waals surface area contributed by atoms with Crippen LogP contribution in [0.2, 0.25) is 0 Å². The molecule has 0 radical (unpaired) electrons. The smallest absolute Gasteiger partial charge is 0.168 e. The van der Waals surface area contributed by atoms with Crippen molar-refractivity contribution in [1.82, 2.24) is 24.8 Å². The van der Waals surface area contributed by atoms with E-state index in [1.54, 1.807) is 10.9 Å². The lowest BCUT2D eigenvalue weighted by Gasteiger charge is -2.20. The lowest BCUT2D eigenvalue weighted by atomic mass is 9.91. The molecule has 0 aliphatic carbocycles. The predicted octanol–water partition coefficient (Wildman–Crippen LogP) is 3.63. The summed E-state index contributed by atoms with van der Waals surface area (Å²) in [6.07, 6.45) is -2.26. The number of hydrogen-bond donors (Lipinski definition) is 4.